The Hall–Kier alpha value is -4.06. The van der Waals surface area contributed by atoms with E-state index in [0.29, 0.717) is 23.6 Å². The summed E-state index contributed by atoms with van der Waals surface area (Å²) in [5, 5.41) is 2.82. The van der Waals surface area contributed by atoms with E-state index in [0.717, 1.165) is 16.7 Å². The van der Waals surface area contributed by atoms with Crippen LogP contribution in [0.2, 0.25) is 0 Å². The number of para-hydroxylation sites is 1. The molecule has 0 aromatic heterocycles. The van der Waals surface area contributed by atoms with Crippen molar-refractivity contribution < 1.29 is 23.8 Å². The highest BCUT2D eigenvalue weighted by Gasteiger charge is 2.13. The Kier molecular flexibility index (Phi) is 6.28. The van der Waals surface area contributed by atoms with E-state index in [9.17, 15) is 9.59 Å². The van der Waals surface area contributed by atoms with Crippen LogP contribution in [-0.4, -0.2) is 25.3 Å². The van der Waals surface area contributed by atoms with Crippen molar-refractivity contribution in [3.8, 4) is 11.5 Å². The summed E-state index contributed by atoms with van der Waals surface area (Å²) in [5.74, 6) is 0.295. The lowest BCUT2D eigenvalue weighted by Crippen LogP contribution is -2.20. The molecule has 1 aliphatic heterocycles. The molecule has 6 nitrogen and oxygen atoms in total. The van der Waals surface area contributed by atoms with E-state index in [-0.39, 0.29) is 13.4 Å². The molecule has 0 bridgehead atoms. The highest BCUT2D eigenvalue weighted by atomic mass is 16.7. The Morgan fingerprint density at radius 1 is 0.935 bits per heavy atom. The summed E-state index contributed by atoms with van der Waals surface area (Å²) in [7, 11) is 0. The van der Waals surface area contributed by atoms with Gasteiger partial charge in [0.1, 0.15) is 0 Å². The van der Waals surface area contributed by atoms with E-state index < -0.39 is 11.9 Å². The van der Waals surface area contributed by atoms with Gasteiger partial charge in [-0.25, -0.2) is 4.79 Å². The van der Waals surface area contributed by atoms with Crippen LogP contribution >= 0.6 is 0 Å². The number of benzene rings is 3. The first-order valence-electron chi connectivity index (χ1n) is 9.83. The topological polar surface area (TPSA) is 73.9 Å². The molecule has 0 atom stereocenters. The van der Waals surface area contributed by atoms with Crippen LogP contribution in [0.15, 0.2) is 78.9 Å². The van der Waals surface area contributed by atoms with Crippen LogP contribution in [0.1, 0.15) is 16.7 Å². The Labute approximate surface area is 180 Å². The first kappa shape index (κ1) is 20.2. The molecule has 0 unspecified atom stereocenters. The van der Waals surface area contributed by atoms with Gasteiger partial charge in [0.2, 0.25) is 6.79 Å². The van der Waals surface area contributed by atoms with Gasteiger partial charge in [0.25, 0.3) is 5.91 Å². The van der Waals surface area contributed by atoms with Crippen LogP contribution in [0.3, 0.4) is 0 Å². The molecule has 0 spiro atoms. The minimum absolute atomic E-state index is 0.189. The fourth-order valence-corrected chi connectivity index (χ4v) is 3.16. The lowest BCUT2D eigenvalue weighted by Gasteiger charge is -2.11. The second kappa shape index (κ2) is 9.63. The van der Waals surface area contributed by atoms with Gasteiger partial charge >= 0.3 is 5.97 Å². The predicted octanol–water partition coefficient (Wildman–Crippen LogP) is 4.20. The molecule has 1 aliphatic rings. The Morgan fingerprint density at radius 3 is 2.58 bits per heavy atom. The number of carbonyl (C=O) groups excluding carboxylic acids is 2. The lowest BCUT2D eigenvalue weighted by molar-refractivity contribution is -0.142. The van der Waals surface area contributed by atoms with E-state index in [4.69, 9.17) is 14.2 Å². The predicted molar refractivity (Wildman–Crippen MR) is 117 cm³/mol. The minimum Gasteiger partial charge on any atom is -0.454 e. The maximum Gasteiger partial charge on any atom is 0.331 e. The zero-order valence-electron chi connectivity index (χ0n) is 16.7. The third kappa shape index (κ3) is 5.51. The summed E-state index contributed by atoms with van der Waals surface area (Å²) >= 11 is 0. The van der Waals surface area contributed by atoms with Gasteiger partial charge in [-0.3, -0.25) is 4.79 Å². The van der Waals surface area contributed by atoms with Gasteiger partial charge in [-0.15, -0.1) is 0 Å². The van der Waals surface area contributed by atoms with Crippen molar-refractivity contribution in [1.82, 2.24) is 0 Å². The number of nitrogens with one attached hydrogen (secondary N) is 1. The van der Waals surface area contributed by atoms with E-state index in [1.807, 2.05) is 54.6 Å². The molecule has 4 rings (SSSR count). The molecule has 1 amide bonds. The Morgan fingerprint density at radius 2 is 1.71 bits per heavy atom. The summed E-state index contributed by atoms with van der Waals surface area (Å²) < 4.78 is 15.6. The highest BCUT2D eigenvalue weighted by molar-refractivity contribution is 5.95. The summed E-state index contributed by atoms with van der Waals surface area (Å²) in [5.41, 5.74) is 3.59. The average molecular weight is 415 g/mol. The van der Waals surface area contributed by atoms with Crippen LogP contribution in [0.5, 0.6) is 11.5 Å². The monoisotopic (exact) mass is 415 g/mol. The van der Waals surface area contributed by atoms with Gasteiger partial charge in [0.15, 0.2) is 18.1 Å². The second-order valence-corrected chi connectivity index (χ2v) is 6.92. The van der Waals surface area contributed by atoms with Crippen molar-refractivity contribution in [3.05, 3.63) is 95.6 Å². The Bertz CT molecular complexity index is 1110. The molecule has 3 aromatic carbocycles. The molecule has 6 heteroatoms. The number of anilines is 1. The molecule has 0 fully saturated rings. The number of hydrogen-bond acceptors (Lipinski definition) is 5. The molecule has 0 saturated carbocycles. The van der Waals surface area contributed by atoms with Crippen LogP contribution < -0.4 is 14.8 Å². The quantitative estimate of drug-likeness (QED) is 0.462. The average Bonchev–Trinajstić information content (AvgIpc) is 3.26. The third-order valence-corrected chi connectivity index (χ3v) is 4.68. The van der Waals surface area contributed by atoms with E-state index >= 15 is 0 Å². The maximum absolute atomic E-state index is 12.3. The zero-order chi connectivity index (χ0) is 21.5. The summed E-state index contributed by atoms with van der Waals surface area (Å²) in [6, 6.07) is 22.9. The molecule has 0 radical (unpaired) electrons. The van der Waals surface area contributed by atoms with Crippen LogP contribution in [0, 0.1) is 0 Å². The molecule has 0 aliphatic carbocycles. The van der Waals surface area contributed by atoms with Gasteiger partial charge in [-0.2, -0.15) is 0 Å². The van der Waals surface area contributed by atoms with Gasteiger partial charge in [-0.1, -0.05) is 54.6 Å². The largest absolute Gasteiger partial charge is 0.454 e. The number of esters is 1. The number of rotatable bonds is 7. The van der Waals surface area contributed by atoms with Crippen molar-refractivity contribution in [2.75, 3.05) is 18.7 Å². The van der Waals surface area contributed by atoms with Crippen molar-refractivity contribution >= 4 is 23.6 Å². The molecule has 156 valence electrons. The summed E-state index contributed by atoms with van der Waals surface area (Å²) in [6.07, 6.45) is 3.56. The first-order chi connectivity index (χ1) is 15.2. The molecule has 0 saturated heterocycles. The van der Waals surface area contributed by atoms with Crippen LogP contribution in [0.4, 0.5) is 5.69 Å². The van der Waals surface area contributed by atoms with Crippen molar-refractivity contribution in [1.29, 1.82) is 0 Å². The van der Waals surface area contributed by atoms with E-state index in [1.54, 1.807) is 24.3 Å². The molecule has 31 heavy (non-hydrogen) atoms. The fourth-order valence-electron chi connectivity index (χ4n) is 3.16. The SMILES string of the molecule is O=C(COC(=O)/C=C/c1ccc2c(c1)OCO2)Nc1ccccc1Cc1ccccc1. The third-order valence-electron chi connectivity index (χ3n) is 4.68. The van der Waals surface area contributed by atoms with E-state index in [2.05, 4.69) is 5.32 Å². The van der Waals surface area contributed by atoms with Crippen LogP contribution in [0.25, 0.3) is 6.08 Å². The highest BCUT2D eigenvalue weighted by Crippen LogP contribution is 2.32. The number of ether oxygens (including phenoxy) is 3. The fraction of sp³-hybridized carbons (Fsp3) is 0.120. The normalized spacial score (nSPS) is 12.0. The number of fused-ring (bicyclic) bond motifs is 1. The number of carbonyl (C=O) groups is 2. The first-order valence-corrected chi connectivity index (χ1v) is 9.83. The van der Waals surface area contributed by atoms with Gasteiger partial charge in [0, 0.05) is 11.8 Å². The van der Waals surface area contributed by atoms with Gasteiger partial charge < -0.3 is 19.5 Å². The summed E-state index contributed by atoms with van der Waals surface area (Å²) in [4.78, 5) is 24.3. The summed E-state index contributed by atoms with van der Waals surface area (Å²) in [6.45, 7) is -0.182. The Balaban J connectivity index is 1.30. The van der Waals surface area contributed by atoms with Crippen LogP contribution in [-0.2, 0) is 20.7 Å². The molecular formula is C25H21NO5. The lowest BCUT2D eigenvalue weighted by atomic mass is 10.0. The van der Waals surface area contributed by atoms with Crippen molar-refractivity contribution in [2.24, 2.45) is 0 Å². The molecule has 1 N–H and O–H groups in total. The van der Waals surface area contributed by atoms with Gasteiger partial charge in [0.05, 0.1) is 0 Å². The standard InChI is InChI=1S/C25H21NO5/c27-24(26-21-9-5-4-8-20(21)14-18-6-2-1-3-7-18)16-29-25(28)13-11-19-10-12-22-23(15-19)31-17-30-22/h1-13,15H,14,16-17H2,(H,26,27)/b13-11+. The zero-order valence-corrected chi connectivity index (χ0v) is 16.7. The molecule has 1 heterocycles. The second-order valence-electron chi connectivity index (χ2n) is 6.92. The van der Waals surface area contributed by atoms with Gasteiger partial charge in [-0.05, 0) is 47.4 Å². The van der Waals surface area contributed by atoms with Crippen molar-refractivity contribution in [2.45, 2.75) is 6.42 Å². The molecular weight excluding hydrogens is 394 g/mol. The van der Waals surface area contributed by atoms with E-state index in [1.165, 1.54) is 6.08 Å². The minimum atomic E-state index is -0.606. The van der Waals surface area contributed by atoms with Crippen molar-refractivity contribution in [3.63, 3.8) is 0 Å². The maximum atomic E-state index is 12.3. The molecule has 3 aromatic rings. The smallest absolute Gasteiger partial charge is 0.331 e. The number of hydrogen-bond donors (Lipinski definition) is 1. The number of amides is 1.